The van der Waals surface area contributed by atoms with Crippen LogP contribution in [0.5, 0.6) is 0 Å². The second kappa shape index (κ2) is 10.7. The number of carbonyl (C=O) groups excluding carboxylic acids is 2. The van der Waals surface area contributed by atoms with Gasteiger partial charge in [-0.2, -0.15) is 0 Å². The van der Waals surface area contributed by atoms with Gasteiger partial charge in [0, 0.05) is 28.9 Å². The number of rotatable bonds is 9. The van der Waals surface area contributed by atoms with E-state index in [1.165, 1.54) is 32.0 Å². The summed E-state index contributed by atoms with van der Waals surface area (Å²) >= 11 is 0. The first-order chi connectivity index (χ1) is 17.4. The van der Waals surface area contributed by atoms with E-state index in [1.54, 1.807) is 48.5 Å². The van der Waals surface area contributed by atoms with Crippen LogP contribution in [-0.4, -0.2) is 46.3 Å². The van der Waals surface area contributed by atoms with Gasteiger partial charge in [-0.25, -0.2) is 4.79 Å². The number of carbonyl (C=O) groups is 4. The molecule has 7 N–H and O–H groups in total. The van der Waals surface area contributed by atoms with Crippen molar-refractivity contribution in [1.82, 2.24) is 5.32 Å². The molecule has 0 heterocycles. The number of carboxylic acids is 2. The Balaban J connectivity index is 1.92. The van der Waals surface area contributed by atoms with Crippen molar-refractivity contribution in [3.05, 3.63) is 89.0 Å². The van der Waals surface area contributed by atoms with E-state index in [0.29, 0.717) is 16.8 Å². The van der Waals surface area contributed by atoms with Gasteiger partial charge < -0.3 is 26.6 Å². The summed E-state index contributed by atoms with van der Waals surface area (Å²) in [6.45, 7) is 2.77. The Hall–Kier alpha value is -4.99. The van der Waals surface area contributed by atoms with E-state index < -0.39 is 29.2 Å². The molecule has 0 aliphatic rings. The van der Waals surface area contributed by atoms with E-state index in [2.05, 4.69) is 10.6 Å². The second-order valence-corrected chi connectivity index (χ2v) is 8.93. The summed E-state index contributed by atoms with van der Waals surface area (Å²) in [5.41, 5.74) is 5.83. The molecular formula is C27H26N4O6. The molecule has 0 saturated heterocycles. The van der Waals surface area contributed by atoms with Gasteiger partial charge in [0.05, 0.1) is 11.0 Å². The molecular weight excluding hydrogens is 476 g/mol. The smallest absolute Gasteiger partial charge is 0.336 e. The fraction of sp³-hybridized carbons (Fsp3) is 0.148. The highest BCUT2D eigenvalue weighted by Gasteiger charge is 2.28. The first-order valence-electron chi connectivity index (χ1n) is 11.1. The molecule has 0 spiro atoms. The van der Waals surface area contributed by atoms with Crippen LogP contribution in [0.1, 0.15) is 50.5 Å². The molecule has 3 aromatic rings. The third kappa shape index (κ3) is 6.17. The molecule has 10 heteroatoms. The number of amidine groups is 1. The zero-order valence-corrected chi connectivity index (χ0v) is 20.2. The number of hydrogen-bond acceptors (Lipinski definition) is 5. The molecule has 190 valence electrons. The maximum Gasteiger partial charge on any atom is 0.336 e. The minimum atomic E-state index is -1.30. The summed E-state index contributed by atoms with van der Waals surface area (Å²) in [6, 6.07) is 16.9. The molecule has 0 aliphatic heterocycles. The van der Waals surface area contributed by atoms with E-state index in [1.807, 2.05) is 0 Å². The fourth-order valence-electron chi connectivity index (χ4n) is 3.42. The lowest BCUT2D eigenvalue weighted by Gasteiger charge is -2.19. The third-order valence-corrected chi connectivity index (χ3v) is 5.70. The minimum absolute atomic E-state index is 0.0369. The lowest BCUT2D eigenvalue weighted by Crippen LogP contribution is -2.38. The van der Waals surface area contributed by atoms with Crippen molar-refractivity contribution < 1.29 is 29.4 Å². The maximum absolute atomic E-state index is 13.1. The molecule has 3 aromatic carbocycles. The van der Waals surface area contributed by atoms with Gasteiger partial charge in [-0.3, -0.25) is 19.8 Å². The number of hydrogen-bond donors (Lipinski definition) is 6. The summed E-state index contributed by atoms with van der Waals surface area (Å²) in [5.74, 6) is -3.60. The number of carboxylic acid groups (broad SMARTS) is 2. The van der Waals surface area contributed by atoms with E-state index >= 15 is 0 Å². The van der Waals surface area contributed by atoms with Gasteiger partial charge in [0.15, 0.2) is 0 Å². The van der Waals surface area contributed by atoms with Crippen LogP contribution in [0.15, 0.2) is 66.7 Å². The summed E-state index contributed by atoms with van der Waals surface area (Å²) in [7, 11) is 0. The Bertz CT molecular complexity index is 1400. The Kier molecular flexibility index (Phi) is 7.72. The Labute approximate surface area is 212 Å². The van der Waals surface area contributed by atoms with Gasteiger partial charge >= 0.3 is 11.9 Å². The average Bonchev–Trinajstić information content (AvgIpc) is 2.87. The minimum Gasteiger partial charge on any atom is -0.481 e. The quantitative estimate of drug-likeness (QED) is 0.191. The van der Waals surface area contributed by atoms with Crippen LogP contribution in [0.4, 0.5) is 5.69 Å². The van der Waals surface area contributed by atoms with Crippen LogP contribution in [0.2, 0.25) is 0 Å². The van der Waals surface area contributed by atoms with Crippen molar-refractivity contribution in [3.63, 3.8) is 0 Å². The Morgan fingerprint density at radius 2 is 1.43 bits per heavy atom. The van der Waals surface area contributed by atoms with Gasteiger partial charge in [0.25, 0.3) is 11.8 Å². The lowest BCUT2D eigenvalue weighted by atomic mass is 9.92. The molecule has 0 radical (unpaired) electrons. The summed E-state index contributed by atoms with van der Waals surface area (Å²) in [4.78, 5) is 49.1. The molecule has 3 rings (SSSR count). The summed E-state index contributed by atoms with van der Waals surface area (Å²) < 4.78 is 0. The van der Waals surface area contributed by atoms with Gasteiger partial charge in [0.2, 0.25) is 0 Å². The van der Waals surface area contributed by atoms with Crippen molar-refractivity contribution >= 4 is 35.3 Å². The van der Waals surface area contributed by atoms with Crippen LogP contribution < -0.4 is 16.4 Å². The molecule has 0 saturated carbocycles. The monoisotopic (exact) mass is 502 g/mol. The number of anilines is 1. The number of aromatic carboxylic acids is 1. The Morgan fingerprint density at radius 1 is 0.838 bits per heavy atom. The Morgan fingerprint density at radius 3 is 2.03 bits per heavy atom. The standard InChI is InChI=1S/C27H26N4O6/c1-27(2,26(36)37)14-30-23(32)16-9-12-19(21(13-16)25(34)35)18-5-3-4-6-20(18)24(33)31-17-10-7-15(8-11-17)22(28)29/h3-13H,14H2,1-2H3,(H3,28,29)(H,30,32)(H,31,33)(H,34,35)(H,36,37). The SMILES string of the molecule is CC(C)(CNC(=O)c1ccc(-c2ccccc2C(=O)Nc2ccc(C(=N)N)cc2)c(C(=O)O)c1)C(=O)O. The molecule has 0 atom stereocenters. The number of nitrogens with one attached hydrogen (secondary N) is 3. The molecule has 0 aromatic heterocycles. The van der Waals surface area contributed by atoms with Crippen LogP contribution >= 0.6 is 0 Å². The molecule has 37 heavy (non-hydrogen) atoms. The number of amides is 2. The van der Waals surface area contributed by atoms with Crippen LogP contribution in [0.25, 0.3) is 11.1 Å². The highest BCUT2D eigenvalue weighted by Crippen LogP contribution is 2.29. The number of aliphatic carboxylic acids is 1. The lowest BCUT2D eigenvalue weighted by molar-refractivity contribution is -0.146. The topological polar surface area (TPSA) is 183 Å². The largest absolute Gasteiger partial charge is 0.481 e. The zero-order chi connectivity index (χ0) is 27.3. The van der Waals surface area contributed by atoms with Crippen LogP contribution in [0.3, 0.4) is 0 Å². The van der Waals surface area contributed by atoms with Crippen molar-refractivity contribution in [1.29, 1.82) is 5.41 Å². The van der Waals surface area contributed by atoms with Gasteiger partial charge in [-0.15, -0.1) is 0 Å². The summed E-state index contributed by atoms with van der Waals surface area (Å²) in [6.07, 6.45) is 0. The molecule has 0 aliphatic carbocycles. The predicted octanol–water partition coefficient (Wildman–Crippen LogP) is 3.43. The maximum atomic E-state index is 13.1. The predicted molar refractivity (Wildman–Crippen MR) is 138 cm³/mol. The first-order valence-corrected chi connectivity index (χ1v) is 11.1. The van der Waals surface area contributed by atoms with Crippen LogP contribution in [-0.2, 0) is 4.79 Å². The van der Waals surface area contributed by atoms with Crippen molar-refractivity contribution in [2.45, 2.75) is 13.8 Å². The van der Waals surface area contributed by atoms with E-state index in [0.717, 1.165) is 0 Å². The van der Waals surface area contributed by atoms with E-state index in [9.17, 15) is 29.4 Å². The van der Waals surface area contributed by atoms with Crippen molar-refractivity contribution in [3.8, 4) is 11.1 Å². The molecule has 0 bridgehead atoms. The highest BCUT2D eigenvalue weighted by atomic mass is 16.4. The summed E-state index contributed by atoms with van der Waals surface area (Å²) in [5, 5.41) is 31.8. The molecule has 2 amide bonds. The number of nitrogens with two attached hydrogens (primary N) is 1. The zero-order valence-electron chi connectivity index (χ0n) is 20.2. The second-order valence-electron chi connectivity index (χ2n) is 8.93. The fourth-order valence-corrected chi connectivity index (χ4v) is 3.42. The van der Waals surface area contributed by atoms with Gasteiger partial charge in [-0.1, -0.05) is 24.3 Å². The molecule has 10 nitrogen and oxygen atoms in total. The van der Waals surface area contributed by atoms with E-state index in [4.69, 9.17) is 11.1 Å². The number of nitrogen functional groups attached to an aromatic ring is 1. The van der Waals surface area contributed by atoms with Gasteiger partial charge in [-0.05, 0) is 67.4 Å². The first kappa shape index (κ1) is 26.6. The van der Waals surface area contributed by atoms with E-state index in [-0.39, 0.29) is 34.6 Å². The van der Waals surface area contributed by atoms with Gasteiger partial charge in [0.1, 0.15) is 5.84 Å². The number of benzene rings is 3. The molecule has 0 fully saturated rings. The van der Waals surface area contributed by atoms with Crippen molar-refractivity contribution in [2.24, 2.45) is 11.1 Å². The highest BCUT2D eigenvalue weighted by molar-refractivity contribution is 6.11. The van der Waals surface area contributed by atoms with Crippen LogP contribution in [0, 0.1) is 10.8 Å². The van der Waals surface area contributed by atoms with Crippen molar-refractivity contribution in [2.75, 3.05) is 11.9 Å². The third-order valence-electron chi connectivity index (χ3n) is 5.70. The average molecular weight is 503 g/mol. The molecule has 0 unspecified atom stereocenters. The normalized spacial score (nSPS) is 10.9.